The van der Waals surface area contributed by atoms with Gasteiger partial charge in [-0.15, -0.1) is 0 Å². The monoisotopic (exact) mass is 514 g/mol. The molecule has 0 fully saturated rings. The summed E-state index contributed by atoms with van der Waals surface area (Å²) in [6.45, 7) is 1.72. The Balaban J connectivity index is 2.08. The van der Waals surface area contributed by atoms with Gasteiger partial charge in [-0.05, 0) is 58.7 Å². The average molecular weight is 517 g/mol. The van der Waals surface area contributed by atoms with Gasteiger partial charge in [0.15, 0.2) is 0 Å². The summed E-state index contributed by atoms with van der Waals surface area (Å²) in [6.07, 6.45) is 1.67. The third-order valence-corrected chi connectivity index (χ3v) is 5.37. The molecule has 0 aliphatic heterocycles. The number of aromatic nitrogens is 1. The van der Waals surface area contributed by atoms with Crippen LogP contribution in [-0.4, -0.2) is 16.4 Å². The van der Waals surface area contributed by atoms with Crippen molar-refractivity contribution in [2.75, 3.05) is 5.32 Å². The van der Waals surface area contributed by atoms with E-state index < -0.39 is 11.8 Å². The van der Waals surface area contributed by atoms with Crippen LogP contribution in [0.2, 0.25) is 15.1 Å². The number of nitrogens with two attached hydrogens (primary N) is 1. The van der Waals surface area contributed by atoms with E-state index in [9.17, 15) is 9.59 Å². The number of nitrogens with one attached hydrogen (secondary N) is 2. The second-order valence-corrected chi connectivity index (χ2v) is 8.22. The first-order valence-corrected chi connectivity index (χ1v) is 10.1. The van der Waals surface area contributed by atoms with E-state index in [-0.39, 0.29) is 16.9 Å². The molecule has 10 heteroatoms. The number of halogens is 4. The topological polar surface area (TPSA) is 89.2 Å². The molecule has 0 aliphatic rings. The Hall–Kier alpha value is -2.03. The van der Waals surface area contributed by atoms with Gasteiger partial charge in [-0.1, -0.05) is 40.9 Å². The molecule has 2 amide bonds. The van der Waals surface area contributed by atoms with E-state index in [2.05, 4.69) is 21.2 Å². The zero-order chi connectivity index (χ0) is 21.3. The molecule has 0 atom stereocenters. The lowest BCUT2D eigenvalue weighted by Crippen LogP contribution is -2.31. The molecule has 0 spiro atoms. The van der Waals surface area contributed by atoms with Crippen molar-refractivity contribution in [3.63, 3.8) is 0 Å². The fourth-order valence-corrected chi connectivity index (χ4v) is 4.13. The third kappa shape index (κ3) is 4.44. The van der Waals surface area contributed by atoms with E-state index >= 15 is 0 Å². The van der Waals surface area contributed by atoms with Crippen LogP contribution in [0.3, 0.4) is 0 Å². The summed E-state index contributed by atoms with van der Waals surface area (Å²) in [4.78, 5) is 25.3. The molecular formula is C19H14BrCl3N4O2. The van der Waals surface area contributed by atoms with Crippen LogP contribution in [0.15, 0.2) is 47.1 Å². The fourth-order valence-electron chi connectivity index (χ4n) is 2.85. The highest BCUT2D eigenvalue weighted by Gasteiger charge is 2.21. The number of benzene rings is 2. The molecule has 6 nitrogen and oxygen atoms in total. The average Bonchev–Trinajstić information content (AvgIpc) is 3.04. The zero-order valence-electron chi connectivity index (χ0n) is 14.9. The van der Waals surface area contributed by atoms with Gasteiger partial charge in [0.2, 0.25) is 0 Å². The second kappa shape index (κ2) is 8.77. The van der Waals surface area contributed by atoms with Crippen molar-refractivity contribution < 1.29 is 9.59 Å². The van der Waals surface area contributed by atoms with Gasteiger partial charge in [0, 0.05) is 15.7 Å². The number of amides is 2. The number of hydrazine groups is 1. The molecule has 0 saturated carbocycles. The van der Waals surface area contributed by atoms with Crippen LogP contribution < -0.4 is 16.6 Å². The maximum atomic E-state index is 13.1. The van der Waals surface area contributed by atoms with Crippen molar-refractivity contribution in [3.8, 4) is 5.69 Å². The van der Waals surface area contributed by atoms with E-state index in [1.807, 2.05) is 5.43 Å². The Bertz CT molecular complexity index is 1110. The van der Waals surface area contributed by atoms with Crippen molar-refractivity contribution in [2.45, 2.75) is 6.92 Å². The lowest BCUT2D eigenvalue weighted by molar-refractivity contribution is 0.0954. The van der Waals surface area contributed by atoms with Crippen molar-refractivity contribution >= 4 is 68.2 Å². The summed E-state index contributed by atoms with van der Waals surface area (Å²) in [7, 11) is 0. The van der Waals surface area contributed by atoms with E-state index in [1.54, 1.807) is 48.0 Å². The summed E-state index contributed by atoms with van der Waals surface area (Å²) >= 11 is 22.0. The van der Waals surface area contributed by atoms with Crippen molar-refractivity contribution in [3.05, 3.63) is 79.0 Å². The molecule has 3 aromatic rings. The van der Waals surface area contributed by atoms with Crippen molar-refractivity contribution in [2.24, 2.45) is 5.84 Å². The standard InChI is InChI=1S/C19H14BrCl3N4O2/c1-9-5-11(21)7-12(18(28)26-24)16(9)25-19(29)15-6-10(20)8-27(15)17-13(22)3-2-4-14(17)23/h2-8H,24H2,1H3,(H,25,29)(H,26,28). The highest BCUT2D eigenvalue weighted by atomic mass is 79.9. The molecule has 2 aromatic carbocycles. The quantitative estimate of drug-likeness (QED) is 0.248. The number of anilines is 1. The largest absolute Gasteiger partial charge is 0.320 e. The van der Waals surface area contributed by atoms with Crippen LogP contribution in [0.1, 0.15) is 26.4 Å². The molecular weight excluding hydrogens is 502 g/mol. The lowest BCUT2D eigenvalue weighted by atomic mass is 10.1. The lowest BCUT2D eigenvalue weighted by Gasteiger charge is -2.16. The van der Waals surface area contributed by atoms with E-state index in [0.717, 1.165) is 0 Å². The smallest absolute Gasteiger partial charge is 0.272 e. The summed E-state index contributed by atoms with van der Waals surface area (Å²) < 4.78 is 2.21. The minimum absolute atomic E-state index is 0.138. The zero-order valence-corrected chi connectivity index (χ0v) is 18.7. The second-order valence-electron chi connectivity index (χ2n) is 6.06. The summed E-state index contributed by atoms with van der Waals surface area (Å²) in [5, 5.41) is 3.85. The number of aryl methyl sites for hydroxylation is 1. The maximum absolute atomic E-state index is 13.1. The van der Waals surface area contributed by atoms with Gasteiger partial charge in [0.1, 0.15) is 5.69 Å². The van der Waals surface area contributed by atoms with Crippen LogP contribution in [0.4, 0.5) is 5.69 Å². The summed E-state index contributed by atoms with van der Waals surface area (Å²) in [6, 6.07) is 9.72. The Morgan fingerprint density at radius 2 is 1.72 bits per heavy atom. The summed E-state index contributed by atoms with van der Waals surface area (Å²) in [5.41, 5.74) is 3.78. The number of rotatable bonds is 4. The highest BCUT2D eigenvalue weighted by Crippen LogP contribution is 2.32. The number of para-hydroxylation sites is 1. The highest BCUT2D eigenvalue weighted by molar-refractivity contribution is 9.10. The van der Waals surface area contributed by atoms with E-state index in [1.165, 1.54) is 6.07 Å². The number of carbonyl (C=O) groups excluding carboxylic acids is 2. The summed E-state index contributed by atoms with van der Waals surface area (Å²) in [5.74, 6) is 4.19. The van der Waals surface area contributed by atoms with Gasteiger partial charge >= 0.3 is 0 Å². The van der Waals surface area contributed by atoms with E-state index in [4.69, 9.17) is 40.6 Å². The third-order valence-electron chi connectivity index (χ3n) is 4.11. The predicted molar refractivity (Wildman–Crippen MR) is 119 cm³/mol. The normalized spacial score (nSPS) is 10.7. The van der Waals surface area contributed by atoms with Crippen LogP contribution in [0.25, 0.3) is 5.69 Å². The molecule has 0 radical (unpaired) electrons. The maximum Gasteiger partial charge on any atom is 0.272 e. The first-order chi connectivity index (χ1) is 13.7. The van der Waals surface area contributed by atoms with Gasteiger partial charge in [-0.3, -0.25) is 15.0 Å². The number of hydrogen-bond acceptors (Lipinski definition) is 3. The van der Waals surface area contributed by atoms with Gasteiger partial charge in [0.25, 0.3) is 11.8 Å². The molecule has 29 heavy (non-hydrogen) atoms. The SMILES string of the molecule is Cc1cc(Cl)cc(C(=O)NN)c1NC(=O)c1cc(Br)cn1-c1c(Cl)cccc1Cl. The van der Waals surface area contributed by atoms with Gasteiger partial charge in [0.05, 0.1) is 27.0 Å². The Morgan fingerprint density at radius 1 is 1.07 bits per heavy atom. The Kier molecular flexibility index (Phi) is 6.55. The van der Waals surface area contributed by atoms with Crippen LogP contribution in [-0.2, 0) is 0 Å². The minimum Gasteiger partial charge on any atom is -0.320 e. The van der Waals surface area contributed by atoms with Crippen LogP contribution >= 0.6 is 50.7 Å². The number of nitrogens with zero attached hydrogens (tertiary/aromatic N) is 1. The number of nitrogen functional groups attached to an aromatic ring is 1. The molecule has 0 unspecified atom stereocenters. The molecule has 0 aliphatic carbocycles. The molecule has 0 bridgehead atoms. The molecule has 150 valence electrons. The first kappa shape index (κ1) is 21.7. The number of carbonyl (C=O) groups is 2. The van der Waals surface area contributed by atoms with Gasteiger partial charge in [-0.25, -0.2) is 5.84 Å². The fraction of sp³-hybridized carbons (Fsp3) is 0.0526. The predicted octanol–water partition coefficient (Wildman–Crippen LogP) is 5.36. The Labute approximate surface area is 190 Å². The van der Waals surface area contributed by atoms with Crippen LogP contribution in [0.5, 0.6) is 0 Å². The van der Waals surface area contributed by atoms with Crippen LogP contribution in [0, 0.1) is 6.92 Å². The van der Waals surface area contributed by atoms with Crippen molar-refractivity contribution in [1.29, 1.82) is 0 Å². The minimum atomic E-state index is -0.586. The number of hydrogen-bond donors (Lipinski definition) is 3. The van der Waals surface area contributed by atoms with Gasteiger partial charge < -0.3 is 9.88 Å². The molecule has 1 heterocycles. The van der Waals surface area contributed by atoms with E-state index in [0.29, 0.717) is 30.8 Å². The molecule has 4 N–H and O–H groups in total. The van der Waals surface area contributed by atoms with Crippen molar-refractivity contribution in [1.82, 2.24) is 9.99 Å². The molecule has 3 rings (SSSR count). The Morgan fingerprint density at radius 3 is 2.34 bits per heavy atom. The first-order valence-electron chi connectivity index (χ1n) is 8.17. The van der Waals surface area contributed by atoms with Gasteiger partial charge in [-0.2, -0.15) is 0 Å². The molecule has 1 aromatic heterocycles. The molecule has 0 saturated heterocycles.